The normalized spacial score (nSPS) is 18.6. The molecule has 0 atom stereocenters. The van der Waals surface area contributed by atoms with Crippen molar-refractivity contribution < 1.29 is 8.42 Å². The first-order chi connectivity index (χ1) is 9.32. The van der Waals surface area contributed by atoms with Crippen molar-refractivity contribution in [3.63, 3.8) is 0 Å². The van der Waals surface area contributed by atoms with Crippen LogP contribution >= 0.6 is 0 Å². The Hall–Kier alpha value is -1.11. The van der Waals surface area contributed by atoms with Gasteiger partial charge >= 0.3 is 0 Å². The summed E-state index contributed by atoms with van der Waals surface area (Å²) >= 11 is 0. The average molecular weight is 297 g/mol. The first-order valence-corrected chi connectivity index (χ1v) is 8.36. The molecule has 1 aliphatic heterocycles. The summed E-state index contributed by atoms with van der Waals surface area (Å²) in [5.74, 6) is 0. The zero-order chi connectivity index (χ0) is 14.9. The number of rotatable bonds is 3. The first kappa shape index (κ1) is 15.3. The Morgan fingerprint density at radius 3 is 2.30 bits per heavy atom. The fraction of sp³-hybridized carbons (Fsp3) is 0.571. The molecule has 1 aliphatic rings. The van der Waals surface area contributed by atoms with Crippen LogP contribution in [0.3, 0.4) is 0 Å². The molecule has 2 N–H and O–H groups in total. The Morgan fingerprint density at radius 2 is 1.75 bits per heavy atom. The summed E-state index contributed by atoms with van der Waals surface area (Å²) in [5.41, 5.74) is 6.95. The van der Waals surface area contributed by atoms with Gasteiger partial charge in [-0.1, -0.05) is 6.07 Å². The predicted molar refractivity (Wildman–Crippen MR) is 81.1 cm³/mol. The van der Waals surface area contributed by atoms with Crippen molar-refractivity contribution in [1.82, 2.24) is 9.21 Å². The summed E-state index contributed by atoms with van der Waals surface area (Å²) < 4.78 is 26.9. The second-order valence-corrected chi connectivity index (χ2v) is 7.47. The van der Waals surface area contributed by atoms with Gasteiger partial charge in [0.2, 0.25) is 10.0 Å². The maximum atomic E-state index is 12.7. The number of sulfonamides is 1. The lowest BCUT2D eigenvalue weighted by atomic mass is 10.2. The van der Waals surface area contributed by atoms with Crippen molar-refractivity contribution in [1.29, 1.82) is 0 Å². The molecule has 0 amide bonds. The van der Waals surface area contributed by atoms with Gasteiger partial charge in [-0.3, -0.25) is 4.90 Å². The van der Waals surface area contributed by atoms with E-state index in [1.165, 1.54) is 0 Å². The highest BCUT2D eigenvalue weighted by molar-refractivity contribution is 7.89. The minimum atomic E-state index is -3.44. The molecule has 6 heteroatoms. The van der Waals surface area contributed by atoms with E-state index < -0.39 is 10.0 Å². The highest BCUT2D eigenvalue weighted by atomic mass is 32.2. The maximum absolute atomic E-state index is 12.7. The molecule has 20 heavy (non-hydrogen) atoms. The molecule has 0 unspecified atom stereocenters. The van der Waals surface area contributed by atoms with Crippen molar-refractivity contribution in [2.24, 2.45) is 0 Å². The zero-order valence-corrected chi connectivity index (χ0v) is 13.2. The summed E-state index contributed by atoms with van der Waals surface area (Å²) in [7, 11) is -3.44. The van der Waals surface area contributed by atoms with Crippen LogP contribution in [0.25, 0.3) is 0 Å². The largest absolute Gasteiger partial charge is 0.399 e. The molecule has 1 aromatic carbocycles. The number of hydrogen-bond donors (Lipinski definition) is 1. The van der Waals surface area contributed by atoms with Crippen LogP contribution in [0.2, 0.25) is 0 Å². The number of piperazine rings is 1. The second-order valence-electron chi connectivity index (χ2n) is 5.56. The number of aryl methyl sites for hydroxylation is 1. The smallest absolute Gasteiger partial charge is 0.243 e. The third kappa shape index (κ3) is 2.97. The van der Waals surface area contributed by atoms with Crippen molar-refractivity contribution in [2.45, 2.75) is 31.7 Å². The number of hydrogen-bond acceptors (Lipinski definition) is 4. The van der Waals surface area contributed by atoms with Crippen LogP contribution in [0.5, 0.6) is 0 Å². The Balaban J connectivity index is 2.22. The summed E-state index contributed by atoms with van der Waals surface area (Å²) in [4.78, 5) is 2.62. The van der Waals surface area contributed by atoms with Gasteiger partial charge in [0.05, 0.1) is 4.90 Å². The topological polar surface area (TPSA) is 66.6 Å². The predicted octanol–water partition coefficient (Wildman–Crippen LogP) is 1.29. The van der Waals surface area contributed by atoms with Gasteiger partial charge in [0.1, 0.15) is 0 Å². The quantitative estimate of drug-likeness (QED) is 0.854. The standard InChI is InChI=1S/C14H23N3O2S/c1-11(2)16-6-8-17(9-7-16)20(18,19)14-10-13(15)5-4-12(14)3/h4-5,10-11H,6-9,15H2,1-3H3. The Labute approximate surface area is 121 Å². The van der Waals surface area contributed by atoms with Crippen molar-refractivity contribution in [3.05, 3.63) is 23.8 Å². The van der Waals surface area contributed by atoms with E-state index in [0.717, 1.165) is 18.7 Å². The lowest BCUT2D eigenvalue weighted by molar-refractivity contribution is 0.154. The van der Waals surface area contributed by atoms with Crippen molar-refractivity contribution in [3.8, 4) is 0 Å². The Kier molecular flexibility index (Phi) is 4.36. The van der Waals surface area contributed by atoms with E-state index >= 15 is 0 Å². The zero-order valence-electron chi connectivity index (χ0n) is 12.3. The molecule has 1 fully saturated rings. The van der Waals surface area contributed by atoms with E-state index in [4.69, 9.17) is 5.73 Å². The number of nitrogen functional groups attached to an aromatic ring is 1. The van der Waals surface area contributed by atoms with Gasteiger partial charge in [-0.05, 0) is 38.5 Å². The van der Waals surface area contributed by atoms with Crippen LogP contribution in [0.15, 0.2) is 23.1 Å². The summed E-state index contributed by atoms with van der Waals surface area (Å²) in [6.45, 7) is 8.69. The maximum Gasteiger partial charge on any atom is 0.243 e. The molecule has 0 radical (unpaired) electrons. The van der Waals surface area contributed by atoms with Crippen LogP contribution in [0, 0.1) is 6.92 Å². The van der Waals surface area contributed by atoms with E-state index in [-0.39, 0.29) is 0 Å². The third-order valence-corrected chi connectivity index (χ3v) is 5.87. The minimum Gasteiger partial charge on any atom is -0.399 e. The van der Waals surface area contributed by atoms with Crippen LogP contribution in [0.4, 0.5) is 5.69 Å². The molecule has 5 nitrogen and oxygen atoms in total. The van der Waals surface area contributed by atoms with Crippen LogP contribution in [0.1, 0.15) is 19.4 Å². The summed E-state index contributed by atoms with van der Waals surface area (Å²) in [6, 6.07) is 5.49. The van der Waals surface area contributed by atoms with Gasteiger partial charge in [0.15, 0.2) is 0 Å². The molecule has 0 bridgehead atoms. The molecule has 2 rings (SSSR count). The van der Waals surface area contributed by atoms with Crippen molar-refractivity contribution >= 4 is 15.7 Å². The number of nitrogens with two attached hydrogens (primary N) is 1. The monoisotopic (exact) mass is 297 g/mol. The Morgan fingerprint density at radius 1 is 1.15 bits per heavy atom. The van der Waals surface area contributed by atoms with Gasteiger partial charge in [-0.15, -0.1) is 0 Å². The number of anilines is 1. The van der Waals surface area contributed by atoms with Crippen molar-refractivity contribution in [2.75, 3.05) is 31.9 Å². The summed E-state index contributed by atoms with van der Waals surface area (Å²) in [6.07, 6.45) is 0. The number of nitrogens with zero attached hydrogens (tertiary/aromatic N) is 2. The molecule has 0 spiro atoms. The third-order valence-electron chi connectivity index (χ3n) is 3.83. The summed E-state index contributed by atoms with van der Waals surface area (Å²) in [5, 5.41) is 0. The van der Waals surface area contributed by atoms with E-state index in [0.29, 0.717) is 29.7 Å². The van der Waals surface area contributed by atoms with Gasteiger partial charge in [-0.2, -0.15) is 4.31 Å². The van der Waals surface area contributed by atoms with E-state index in [1.807, 2.05) is 0 Å². The lowest BCUT2D eigenvalue weighted by Gasteiger charge is -2.36. The van der Waals surface area contributed by atoms with Crippen LogP contribution in [-0.2, 0) is 10.0 Å². The average Bonchev–Trinajstić information content (AvgIpc) is 2.41. The number of benzene rings is 1. The first-order valence-electron chi connectivity index (χ1n) is 6.92. The van der Waals surface area contributed by atoms with E-state index in [9.17, 15) is 8.42 Å². The molecule has 112 valence electrons. The molecule has 0 aromatic heterocycles. The van der Waals surface area contributed by atoms with Gasteiger partial charge in [0.25, 0.3) is 0 Å². The molecule has 0 saturated carbocycles. The van der Waals surface area contributed by atoms with Gasteiger partial charge in [-0.25, -0.2) is 8.42 Å². The molecule has 1 saturated heterocycles. The molecule has 1 aromatic rings. The second kappa shape index (κ2) is 5.71. The molecular weight excluding hydrogens is 274 g/mol. The van der Waals surface area contributed by atoms with Crippen LogP contribution in [-0.4, -0.2) is 49.8 Å². The Bertz CT molecular complexity index is 576. The van der Waals surface area contributed by atoms with E-state index in [2.05, 4.69) is 18.7 Å². The SMILES string of the molecule is Cc1ccc(N)cc1S(=O)(=O)N1CCN(C(C)C)CC1. The molecule has 0 aliphatic carbocycles. The lowest BCUT2D eigenvalue weighted by Crippen LogP contribution is -2.50. The van der Waals surface area contributed by atoms with Gasteiger partial charge < -0.3 is 5.73 Å². The fourth-order valence-electron chi connectivity index (χ4n) is 2.49. The highest BCUT2D eigenvalue weighted by Gasteiger charge is 2.30. The van der Waals surface area contributed by atoms with Gasteiger partial charge in [0, 0.05) is 37.9 Å². The fourth-order valence-corrected chi connectivity index (χ4v) is 4.18. The highest BCUT2D eigenvalue weighted by Crippen LogP contribution is 2.23. The molecule has 1 heterocycles. The van der Waals surface area contributed by atoms with Crippen LogP contribution < -0.4 is 5.73 Å². The van der Waals surface area contributed by atoms with E-state index in [1.54, 1.807) is 29.4 Å². The minimum absolute atomic E-state index is 0.329. The molecular formula is C14H23N3O2S.